The van der Waals surface area contributed by atoms with Gasteiger partial charge in [0.05, 0.1) is 47.8 Å². The number of rotatable bonds is 4. The van der Waals surface area contributed by atoms with Crippen LogP contribution in [0.4, 0.5) is 0 Å². The van der Waals surface area contributed by atoms with Crippen LogP contribution in [0.3, 0.4) is 0 Å². The number of carbonyl (C=O) groups excluding carboxylic acids is 2. The predicted octanol–water partition coefficient (Wildman–Crippen LogP) is 1.96. The number of piperazine rings is 1. The third kappa shape index (κ3) is 4.14. The molecule has 4 fully saturated rings. The van der Waals surface area contributed by atoms with E-state index in [1.54, 1.807) is 17.0 Å². The van der Waals surface area contributed by atoms with Crippen LogP contribution in [0.5, 0.6) is 0 Å². The van der Waals surface area contributed by atoms with E-state index in [9.17, 15) is 14.7 Å². The first-order chi connectivity index (χ1) is 15.4. The van der Waals surface area contributed by atoms with Crippen molar-refractivity contribution in [3.05, 3.63) is 33.8 Å². The first-order valence-electron chi connectivity index (χ1n) is 11.5. The van der Waals surface area contributed by atoms with Crippen molar-refractivity contribution in [3.8, 4) is 0 Å². The quantitative estimate of drug-likeness (QED) is 0.711. The monoisotopic (exact) mass is 481 g/mol. The summed E-state index contributed by atoms with van der Waals surface area (Å²) in [6.07, 6.45) is 3.51. The minimum Gasteiger partial charge on any atom is -0.380 e. The molecule has 1 aromatic rings. The third-order valence-electron chi connectivity index (χ3n) is 7.36. The van der Waals surface area contributed by atoms with Gasteiger partial charge >= 0.3 is 0 Å². The number of nitrogens with zero attached hydrogens (tertiary/aromatic N) is 3. The number of likely N-dealkylation sites (tertiary alicyclic amines) is 1. The van der Waals surface area contributed by atoms with Gasteiger partial charge in [-0.25, -0.2) is 0 Å². The van der Waals surface area contributed by atoms with E-state index >= 15 is 0 Å². The Kier molecular flexibility index (Phi) is 6.14. The van der Waals surface area contributed by atoms with Gasteiger partial charge in [0.1, 0.15) is 5.60 Å². The van der Waals surface area contributed by atoms with Crippen LogP contribution >= 0.6 is 23.2 Å². The topological polar surface area (TPSA) is 73.3 Å². The van der Waals surface area contributed by atoms with Gasteiger partial charge in [-0.3, -0.25) is 14.5 Å². The van der Waals surface area contributed by atoms with Crippen molar-refractivity contribution in [2.45, 2.75) is 55.8 Å². The summed E-state index contributed by atoms with van der Waals surface area (Å²) < 4.78 is 5.97. The molecule has 3 saturated heterocycles. The molecule has 3 aliphatic heterocycles. The van der Waals surface area contributed by atoms with E-state index in [0.29, 0.717) is 49.2 Å². The zero-order valence-corrected chi connectivity index (χ0v) is 19.5. The van der Waals surface area contributed by atoms with E-state index in [1.165, 1.54) is 0 Å². The van der Waals surface area contributed by atoms with Crippen molar-refractivity contribution in [2.24, 2.45) is 0 Å². The lowest BCUT2D eigenvalue weighted by atomic mass is 9.90. The average molecular weight is 482 g/mol. The lowest BCUT2D eigenvalue weighted by Gasteiger charge is -2.54. The number of amides is 2. The standard InChI is InChI=1S/C23H29Cl2N3O4/c24-16-4-3-15(11-17(16)25)12-20(29)28-10-9-27(22(30)23(31)5-6-23)19-14-32-13-18(21(19)28)26-7-1-2-8-26/h3-4,11,18-19,21,31H,1-2,5-10,12-14H2/t18?,19?,21-/m1/s1. The summed E-state index contributed by atoms with van der Waals surface area (Å²) in [7, 11) is 0. The molecule has 0 spiro atoms. The molecule has 7 nitrogen and oxygen atoms in total. The van der Waals surface area contributed by atoms with Gasteiger partial charge in [0, 0.05) is 13.1 Å². The van der Waals surface area contributed by atoms with Crippen molar-refractivity contribution >= 4 is 35.0 Å². The normalized spacial score (nSPS) is 29.7. The molecule has 1 aromatic carbocycles. The molecule has 2 unspecified atom stereocenters. The van der Waals surface area contributed by atoms with Crippen molar-refractivity contribution in [1.82, 2.24) is 14.7 Å². The number of hydrogen-bond donors (Lipinski definition) is 1. The molecule has 3 atom stereocenters. The number of carbonyl (C=O) groups is 2. The zero-order valence-electron chi connectivity index (χ0n) is 18.0. The Morgan fingerprint density at radius 3 is 2.38 bits per heavy atom. The number of aliphatic hydroxyl groups is 1. The Balaban J connectivity index is 1.41. The summed E-state index contributed by atoms with van der Waals surface area (Å²) in [6, 6.07) is 4.91. The van der Waals surface area contributed by atoms with Gasteiger partial charge in [0.25, 0.3) is 5.91 Å². The van der Waals surface area contributed by atoms with E-state index in [2.05, 4.69) is 4.90 Å². The van der Waals surface area contributed by atoms with Crippen molar-refractivity contribution in [1.29, 1.82) is 0 Å². The molecule has 174 valence electrons. The van der Waals surface area contributed by atoms with Crippen LogP contribution in [0.25, 0.3) is 0 Å². The highest BCUT2D eigenvalue weighted by Gasteiger charge is 2.55. The Morgan fingerprint density at radius 2 is 1.69 bits per heavy atom. The second-order valence-corrected chi connectivity index (χ2v) is 10.3. The van der Waals surface area contributed by atoms with Gasteiger partial charge in [0.2, 0.25) is 5.91 Å². The Bertz CT molecular complexity index is 903. The maximum absolute atomic E-state index is 13.5. The molecule has 9 heteroatoms. The number of hydrogen-bond acceptors (Lipinski definition) is 5. The molecule has 0 radical (unpaired) electrons. The van der Waals surface area contributed by atoms with Crippen LogP contribution in [0.1, 0.15) is 31.2 Å². The van der Waals surface area contributed by atoms with Crippen LogP contribution in [0.2, 0.25) is 10.0 Å². The predicted molar refractivity (Wildman–Crippen MR) is 121 cm³/mol. The Morgan fingerprint density at radius 1 is 1.00 bits per heavy atom. The molecule has 1 aliphatic carbocycles. The zero-order chi connectivity index (χ0) is 22.5. The summed E-state index contributed by atoms with van der Waals surface area (Å²) >= 11 is 12.2. The highest BCUT2D eigenvalue weighted by molar-refractivity contribution is 6.42. The van der Waals surface area contributed by atoms with Gasteiger partial charge in [-0.15, -0.1) is 0 Å². The molecule has 1 saturated carbocycles. The van der Waals surface area contributed by atoms with Gasteiger partial charge in [-0.2, -0.15) is 0 Å². The number of ether oxygens (including phenoxy) is 1. The van der Waals surface area contributed by atoms with Crippen LogP contribution in [0, 0.1) is 0 Å². The average Bonchev–Trinajstić information content (AvgIpc) is 3.31. The van der Waals surface area contributed by atoms with E-state index in [1.807, 2.05) is 11.0 Å². The van der Waals surface area contributed by atoms with Crippen molar-refractivity contribution in [2.75, 3.05) is 39.4 Å². The second kappa shape index (κ2) is 8.76. The molecular weight excluding hydrogens is 453 g/mol. The van der Waals surface area contributed by atoms with Gasteiger partial charge < -0.3 is 19.6 Å². The largest absolute Gasteiger partial charge is 0.380 e. The molecule has 1 N–H and O–H groups in total. The number of fused-ring (bicyclic) bond motifs is 1. The molecule has 4 aliphatic rings. The summed E-state index contributed by atoms with van der Waals surface area (Å²) in [5, 5.41) is 11.4. The van der Waals surface area contributed by atoms with Crippen LogP contribution in [-0.2, 0) is 20.7 Å². The van der Waals surface area contributed by atoms with Crippen LogP contribution in [-0.4, -0.2) is 94.7 Å². The molecule has 0 aromatic heterocycles. The van der Waals surface area contributed by atoms with E-state index in [4.69, 9.17) is 27.9 Å². The molecule has 5 rings (SSSR count). The van der Waals surface area contributed by atoms with Gasteiger partial charge in [0.15, 0.2) is 0 Å². The number of halogens is 2. The fraction of sp³-hybridized carbons (Fsp3) is 0.652. The molecule has 2 amide bonds. The number of benzene rings is 1. The second-order valence-electron chi connectivity index (χ2n) is 9.45. The van der Waals surface area contributed by atoms with Crippen molar-refractivity contribution in [3.63, 3.8) is 0 Å². The lowest BCUT2D eigenvalue weighted by molar-refractivity contribution is -0.169. The highest BCUT2D eigenvalue weighted by Crippen LogP contribution is 2.39. The van der Waals surface area contributed by atoms with E-state index in [0.717, 1.165) is 31.5 Å². The van der Waals surface area contributed by atoms with Crippen LogP contribution in [0.15, 0.2) is 18.2 Å². The molecule has 32 heavy (non-hydrogen) atoms. The fourth-order valence-corrected chi connectivity index (χ4v) is 5.77. The maximum atomic E-state index is 13.5. The summed E-state index contributed by atoms with van der Waals surface area (Å²) in [4.78, 5) is 32.7. The molecule has 0 bridgehead atoms. The summed E-state index contributed by atoms with van der Waals surface area (Å²) in [5.74, 6) is -0.198. The smallest absolute Gasteiger partial charge is 0.254 e. The summed E-state index contributed by atoms with van der Waals surface area (Å²) in [6.45, 7) is 3.74. The Labute approximate surface area is 198 Å². The van der Waals surface area contributed by atoms with Crippen LogP contribution < -0.4 is 0 Å². The van der Waals surface area contributed by atoms with Gasteiger partial charge in [-0.1, -0.05) is 29.3 Å². The van der Waals surface area contributed by atoms with E-state index in [-0.39, 0.29) is 36.4 Å². The minimum absolute atomic E-state index is 0.0155. The van der Waals surface area contributed by atoms with Crippen molar-refractivity contribution < 1.29 is 19.4 Å². The van der Waals surface area contributed by atoms with Gasteiger partial charge in [-0.05, 0) is 56.5 Å². The Hall–Kier alpha value is -1.38. The lowest BCUT2D eigenvalue weighted by Crippen LogP contribution is -2.73. The maximum Gasteiger partial charge on any atom is 0.254 e. The summed E-state index contributed by atoms with van der Waals surface area (Å²) in [5.41, 5.74) is -0.409. The first-order valence-corrected chi connectivity index (χ1v) is 12.2. The first kappa shape index (κ1) is 22.4. The molecular formula is C23H29Cl2N3O4. The SMILES string of the molecule is O=C(Cc1ccc(Cl)c(Cl)c1)N1CCN(C(=O)C2(O)CC2)C2COCC(N3CCCC3)[C@H]21. The van der Waals surface area contributed by atoms with E-state index < -0.39 is 5.60 Å². The third-order valence-corrected chi connectivity index (χ3v) is 8.10. The fourth-order valence-electron chi connectivity index (χ4n) is 5.45. The highest BCUT2D eigenvalue weighted by atomic mass is 35.5. The molecule has 3 heterocycles. The minimum atomic E-state index is -1.22.